The van der Waals surface area contributed by atoms with Crippen LogP contribution in [0.25, 0.3) is 0 Å². The maximum atomic E-state index is 4.59. The summed E-state index contributed by atoms with van der Waals surface area (Å²) in [6.45, 7) is 2.11. The van der Waals surface area contributed by atoms with Crippen molar-refractivity contribution >= 4 is 0 Å². The molecule has 3 nitrogen and oxygen atoms in total. The van der Waals surface area contributed by atoms with Crippen LogP contribution in [0.15, 0.2) is 36.7 Å². The van der Waals surface area contributed by atoms with Gasteiger partial charge in [-0.2, -0.15) is 0 Å². The number of aryl methyl sites for hydroxylation is 2. The minimum atomic E-state index is 0.246. The standard InChI is InChI=1S/C16H19N3/c1-11-7-9-18-14(10-11)16(17-2)13-6-5-12-4-3-8-19-15(12)13/h3-4,7-10,13,16-17H,5-6H2,1-2H3. The average Bonchev–Trinajstić information content (AvgIpc) is 2.84. The van der Waals surface area contributed by atoms with Gasteiger partial charge in [0, 0.05) is 24.0 Å². The fourth-order valence-electron chi connectivity index (χ4n) is 3.05. The molecule has 0 radical (unpaired) electrons. The molecule has 0 bridgehead atoms. The van der Waals surface area contributed by atoms with E-state index in [4.69, 9.17) is 0 Å². The molecule has 19 heavy (non-hydrogen) atoms. The predicted octanol–water partition coefficient (Wildman–Crippen LogP) is 2.78. The van der Waals surface area contributed by atoms with Gasteiger partial charge in [-0.1, -0.05) is 6.07 Å². The molecule has 0 amide bonds. The van der Waals surface area contributed by atoms with Crippen molar-refractivity contribution in [3.05, 3.63) is 59.2 Å². The van der Waals surface area contributed by atoms with Crippen molar-refractivity contribution in [2.75, 3.05) is 7.05 Å². The molecule has 1 aliphatic carbocycles. The van der Waals surface area contributed by atoms with Crippen LogP contribution >= 0.6 is 0 Å². The number of hydrogen-bond donors (Lipinski definition) is 1. The second-order valence-electron chi connectivity index (χ2n) is 5.22. The van der Waals surface area contributed by atoms with Gasteiger partial charge in [-0.15, -0.1) is 0 Å². The first kappa shape index (κ1) is 12.3. The van der Waals surface area contributed by atoms with E-state index in [0.717, 1.165) is 18.5 Å². The summed E-state index contributed by atoms with van der Waals surface area (Å²) in [4.78, 5) is 9.13. The highest BCUT2D eigenvalue weighted by atomic mass is 14.9. The highest BCUT2D eigenvalue weighted by Gasteiger charge is 2.31. The molecule has 3 rings (SSSR count). The Balaban J connectivity index is 1.96. The smallest absolute Gasteiger partial charge is 0.0582 e. The van der Waals surface area contributed by atoms with Crippen LogP contribution < -0.4 is 5.32 Å². The summed E-state index contributed by atoms with van der Waals surface area (Å²) >= 11 is 0. The van der Waals surface area contributed by atoms with E-state index in [9.17, 15) is 0 Å². The first-order valence-corrected chi connectivity index (χ1v) is 6.83. The van der Waals surface area contributed by atoms with Gasteiger partial charge in [0.1, 0.15) is 0 Å². The van der Waals surface area contributed by atoms with Gasteiger partial charge in [0.15, 0.2) is 0 Å². The molecule has 1 N–H and O–H groups in total. The van der Waals surface area contributed by atoms with Crippen LogP contribution in [0.5, 0.6) is 0 Å². The Morgan fingerprint density at radius 3 is 2.95 bits per heavy atom. The molecule has 1 aliphatic rings. The summed E-state index contributed by atoms with van der Waals surface area (Å²) in [5.74, 6) is 0.426. The van der Waals surface area contributed by atoms with E-state index in [1.54, 1.807) is 0 Å². The maximum absolute atomic E-state index is 4.59. The van der Waals surface area contributed by atoms with E-state index >= 15 is 0 Å². The Hall–Kier alpha value is -1.74. The maximum Gasteiger partial charge on any atom is 0.0582 e. The topological polar surface area (TPSA) is 37.8 Å². The number of nitrogens with zero attached hydrogens (tertiary/aromatic N) is 2. The lowest BCUT2D eigenvalue weighted by molar-refractivity contribution is 0.460. The van der Waals surface area contributed by atoms with E-state index in [1.807, 2.05) is 31.6 Å². The summed E-state index contributed by atoms with van der Waals surface area (Å²) in [5.41, 5.74) is 5.00. The van der Waals surface area contributed by atoms with Gasteiger partial charge in [-0.05, 0) is 56.1 Å². The van der Waals surface area contributed by atoms with Crippen molar-refractivity contribution in [2.24, 2.45) is 0 Å². The number of fused-ring (bicyclic) bond motifs is 1. The molecule has 0 fully saturated rings. The molecule has 0 spiro atoms. The predicted molar refractivity (Wildman–Crippen MR) is 76.1 cm³/mol. The van der Waals surface area contributed by atoms with Crippen LogP contribution in [0, 0.1) is 6.92 Å². The molecule has 0 aromatic carbocycles. The molecule has 2 atom stereocenters. The summed E-state index contributed by atoms with van der Waals surface area (Å²) in [7, 11) is 2.01. The second kappa shape index (κ2) is 5.10. The number of likely N-dealkylation sites (N-methyl/N-ethyl adjacent to an activating group) is 1. The molecular formula is C16H19N3. The number of aromatic nitrogens is 2. The van der Waals surface area contributed by atoms with Crippen LogP contribution in [-0.4, -0.2) is 17.0 Å². The Kier molecular flexibility index (Phi) is 3.30. The van der Waals surface area contributed by atoms with Crippen molar-refractivity contribution in [2.45, 2.75) is 31.7 Å². The lowest BCUT2D eigenvalue weighted by Crippen LogP contribution is -2.24. The van der Waals surface area contributed by atoms with Gasteiger partial charge in [-0.25, -0.2) is 0 Å². The van der Waals surface area contributed by atoms with Gasteiger partial charge < -0.3 is 5.32 Å². The molecule has 2 unspecified atom stereocenters. The quantitative estimate of drug-likeness (QED) is 0.914. The van der Waals surface area contributed by atoms with Crippen molar-refractivity contribution in [1.82, 2.24) is 15.3 Å². The third-order valence-electron chi connectivity index (χ3n) is 3.97. The molecular weight excluding hydrogens is 234 g/mol. The van der Waals surface area contributed by atoms with Gasteiger partial charge in [-0.3, -0.25) is 9.97 Å². The second-order valence-corrected chi connectivity index (χ2v) is 5.22. The average molecular weight is 253 g/mol. The lowest BCUT2D eigenvalue weighted by Gasteiger charge is -2.23. The Morgan fingerprint density at radius 1 is 1.26 bits per heavy atom. The zero-order chi connectivity index (χ0) is 13.2. The largest absolute Gasteiger partial charge is 0.311 e. The zero-order valence-corrected chi connectivity index (χ0v) is 11.4. The SMILES string of the molecule is CNC(c1cc(C)ccn1)C1CCc2cccnc21. The van der Waals surface area contributed by atoms with Crippen LogP contribution in [0.4, 0.5) is 0 Å². The first-order valence-electron chi connectivity index (χ1n) is 6.83. The molecule has 2 heterocycles. The summed E-state index contributed by atoms with van der Waals surface area (Å²) in [5, 5.41) is 3.43. The number of rotatable bonds is 3. The third kappa shape index (κ3) is 2.26. The molecule has 2 aromatic heterocycles. The van der Waals surface area contributed by atoms with Crippen LogP contribution in [-0.2, 0) is 6.42 Å². The number of pyridine rings is 2. The summed E-state index contributed by atoms with van der Waals surface area (Å²) < 4.78 is 0. The minimum Gasteiger partial charge on any atom is -0.311 e. The van der Waals surface area contributed by atoms with Crippen molar-refractivity contribution in [3.63, 3.8) is 0 Å². The highest BCUT2D eigenvalue weighted by Crippen LogP contribution is 2.39. The van der Waals surface area contributed by atoms with E-state index in [-0.39, 0.29) is 6.04 Å². The molecule has 0 saturated heterocycles. The molecule has 0 saturated carbocycles. The fraction of sp³-hybridized carbons (Fsp3) is 0.375. The summed E-state index contributed by atoms with van der Waals surface area (Å²) in [6, 6.07) is 8.68. The minimum absolute atomic E-state index is 0.246. The number of nitrogens with one attached hydrogen (secondary N) is 1. The normalized spacial score (nSPS) is 19.2. The van der Waals surface area contributed by atoms with Gasteiger partial charge >= 0.3 is 0 Å². The monoisotopic (exact) mass is 253 g/mol. The van der Waals surface area contributed by atoms with Crippen LogP contribution in [0.2, 0.25) is 0 Å². The van der Waals surface area contributed by atoms with E-state index in [1.165, 1.54) is 16.8 Å². The van der Waals surface area contributed by atoms with Crippen molar-refractivity contribution in [1.29, 1.82) is 0 Å². The van der Waals surface area contributed by atoms with E-state index in [2.05, 4.69) is 34.3 Å². The first-order chi connectivity index (χ1) is 9.29. The summed E-state index contributed by atoms with van der Waals surface area (Å²) in [6.07, 6.45) is 6.06. The molecule has 3 heteroatoms. The lowest BCUT2D eigenvalue weighted by atomic mass is 9.93. The van der Waals surface area contributed by atoms with Gasteiger partial charge in [0.2, 0.25) is 0 Å². The Labute approximate surface area is 114 Å². The van der Waals surface area contributed by atoms with Crippen molar-refractivity contribution in [3.8, 4) is 0 Å². The highest BCUT2D eigenvalue weighted by molar-refractivity contribution is 5.32. The van der Waals surface area contributed by atoms with Gasteiger partial charge in [0.05, 0.1) is 11.7 Å². The Bertz CT molecular complexity index is 580. The number of hydrogen-bond acceptors (Lipinski definition) is 3. The molecule has 2 aromatic rings. The van der Waals surface area contributed by atoms with Crippen molar-refractivity contribution < 1.29 is 0 Å². The third-order valence-corrected chi connectivity index (χ3v) is 3.97. The van der Waals surface area contributed by atoms with Crippen LogP contribution in [0.3, 0.4) is 0 Å². The zero-order valence-electron chi connectivity index (χ0n) is 11.4. The molecule has 98 valence electrons. The van der Waals surface area contributed by atoms with Crippen LogP contribution in [0.1, 0.15) is 40.9 Å². The fourth-order valence-corrected chi connectivity index (χ4v) is 3.05. The Morgan fingerprint density at radius 2 is 2.16 bits per heavy atom. The van der Waals surface area contributed by atoms with E-state index in [0.29, 0.717) is 5.92 Å². The van der Waals surface area contributed by atoms with E-state index < -0.39 is 0 Å². The molecule has 0 aliphatic heterocycles. The van der Waals surface area contributed by atoms with Gasteiger partial charge in [0.25, 0.3) is 0 Å².